The minimum Gasteiger partial charge on any atom is -0.490 e. The lowest BCUT2D eigenvalue weighted by molar-refractivity contribution is -0.153. The van der Waals surface area contributed by atoms with Crippen LogP contribution >= 0.6 is 0 Å². The summed E-state index contributed by atoms with van der Waals surface area (Å²) >= 11 is 0. The van der Waals surface area contributed by atoms with E-state index in [1.807, 2.05) is 55.5 Å². The molecule has 5 heteroatoms. The smallest absolute Gasteiger partial charge is 0.334 e. The van der Waals surface area contributed by atoms with Gasteiger partial charge in [-0.2, -0.15) is 0 Å². The fourth-order valence-corrected chi connectivity index (χ4v) is 2.49. The van der Waals surface area contributed by atoms with E-state index in [2.05, 4.69) is 0 Å². The number of aryl methyl sites for hydroxylation is 1. The number of benzene rings is 2. The fourth-order valence-electron chi connectivity index (χ4n) is 2.49. The first-order valence-corrected chi connectivity index (χ1v) is 8.91. The summed E-state index contributed by atoms with van der Waals surface area (Å²) in [6, 6.07) is 15.6. The van der Waals surface area contributed by atoms with Crippen LogP contribution in [0.2, 0.25) is 0 Å². The topological polar surface area (TPSA) is 65.0 Å². The summed E-state index contributed by atoms with van der Waals surface area (Å²) in [7, 11) is 0. The third kappa shape index (κ3) is 6.08. The summed E-state index contributed by atoms with van der Waals surface area (Å²) in [4.78, 5) is 11.5. The molecule has 1 N–H and O–H groups in total. The Morgan fingerprint density at radius 2 is 1.73 bits per heavy atom. The number of aliphatic hydroxyl groups is 1. The molecule has 26 heavy (non-hydrogen) atoms. The van der Waals surface area contributed by atoms with E-state index in [0.29, 0.717) is 37.6 Å². The lowest BCUT2D eigenvalue weighted by Crippen LogP contribution is -2.23. The predicted molar refractivity (Wildman–Crippen MR) is 99.3 cm³/mol. The van der Waals surface area contributed by atoms with Crippen molar-refractivity contribution in [3.05, 3.63) is 59.7 Å². The third-order valence-electron chi connectivity index (χ3n) is 3.81. The van der Waals surface area contributed by atoms with Gasteiger partial charge in [0.25, 0.3) is 0 Å². The zero-order chi connectivity index (χ0) is 18.8. The SMILES string of the molecule is CCOC(=O)C(O)CCc1ccc(OCc2ccccc2)c(OCC)c1. The van der Waals surface area contributed by atoms with Gasteiger partial charge in [-0.25, -0.2) is 4.79 Å². The number of aliphatic hydroxyl groups excluding tert-OH is 1. The van der Waals surface area contributed by atoms with Gasteiger partial charge in [0.05, 0.1) is 13.2 Å². The molecule has 1 unspecified atom stereocenters. The van der Waals surface area contributed by atoms with Gasteiger partial charge >= 0.3 is 5.97 Å². The summed E-state index contributed by atoms with van der Waals surface area (Å²) in [5, 5.41) is 9.82. The Morgan fingerprint density at radius 1 is 0.962 bits per heavy atom. The van der Waals surface area contributed by atoms with Crippen molar-refractivity contribution in [2.24, 2.45) is 0 Å². The van der Waals surface area contributed by atoms with Gasteiger partial charge in [0, 0.05) is 0 Å². The van der Waals surface area contributed by atoms with Crippen LogP contribution in [0, 0.1) is 0 Å². The van der Waals surface area contributed by atoms with Crippen molar-refractivity contribution in [2.75, 3.05) is 13.2 Å². The maximum absolute atomic E-state index is 11.5. The second-order valence-electron chi connectivity index (χ2n) is 5.79. The first kappa shape index (κ1) is 19.8. The van der Waals surface area contributed by atoms with Crippen LogP contribution in [0.25, 0.3) is 0 Å². The van der Waals surface area contributed by atoms with E-state index in [1.165, 1.54) is 0 Å². The van der Waals surface area contributed by atoms with Crippen LogP contribution in [0.4, 0.5) is 0 Å². The molecule has 0 fully saturated rings. The van der Waals surface area contributed by atoms with E-state index < -0.39 is 12.1 Å². The van der Waals surface area contributed by atoms with Crippen molar-refractivity contribution in [3.63, 3.8) is 0 Å². The largest absolute Gasteiger partial charge is 0.490 e. The zero-order valence-corrected chi connectivity index (χ0v) is 15.3. The molecule has 2 aromatic carbocycles. The van der Waals surface area contributed by atoms with Crippen LogP contribution in [-0.4, -0.2) is 30.4 Å². The Bertz CT molecular complexity index is 684. The van der Waals surface area contributed by atoms with Crippen molar-refractivity contribution in [2.45, 2.75) is 39.4 Å². The molecule has 2 rings (SSSR count). The van der Waals surface area contributed by atoms with Gasteiger partial charge in [-0.05, 0) is 49.9 Å². The molecule has 0 amide bonds. The van der Waals surface area contributed by atoms with E-state index in [0.717, 1.165) is 11.1 Å². The molecule has 0 spiro atoms. The molecule has 1 atom stereocenters. The lowest BCUT2D eigenvalue weighted by Gasteiger charge is -2.14. The first-order valence-electron chi connectivity index (χ1n) is 8.91. The average molecular weight is 358 g/mol. The summed E-state index contributed by atoms with van der Waals surface area (Å²) in [6.45, 7) is 4.88. The number of carbonyl (C=O) groups excluding carboxylic acids is 1. The minimum atomic E-state index is -1.11. The summed E-state index contributed by atoms with van der Waals surface area (Å²) in [5.74, 6) is 0.747. The highest BCUT2D eigenvalue weighted by atomic mass is 16.5. The van der Waals surface area contributed by atoms with Crippen LogP contribution in [0.1, 0.15) is 31.4 Å². The van der Waals surface area contributed by atoms with Crippen molar-refractivity contribution >= 4 is 5.97 Å². The van der Waals surface area contributed by atoms with E-state index >= 15 is 0 Å². The van der Waals surface area contributed by atoms with E-state index in [1.54, 1.807) is 6.92 Å². The monoisotopic (exact) mass is 358 g/mol. The molecule has 0 aliphatic rings. The number of esters is 1. The highest BCUT2D eigenvalue weighted by Gasteiger charge is 2.16. The van der Waals surface area contributed by atoms with Crippen molar-refractivity contribution in [1.29, 1.82) is 0 Å². The van der Waals surface area contributed by atoms with Gasteiger partial charge in [0.15, 0.2) is 17.6 Å². The Balaban J connectivity index is 1.99. The molecule has 2 aromatic rings. The van der Waals surface area contributed by atoms with Crippen molar-refractivity contribution in [1.82, 2.24) is 0 Å². The Labute approximate surface area is 154 Å². The van der Waals surface area contributed by atoms with Crippen LogP contribution in [-0.2, 0) is 22.6 Å². The maximum atomic E-state index is 11.5. The second-order valence-corrected chi connectivity index (χ2v) is 5.79. The van der Waals surface area contributed by atoms with E-state index in [4.69, 9.17) is 14.2 Å². The maximum Gasteiger partial charge on any atom is 0.334 e. The van der Waals surface area contributed by atoms with Crippen LogP contribution in [0.15, 0.2) is 48.5 Å². The highest BCUT2D eigenvalue weighted by molar-refractivity contribution is 5.74. The van der Waals surface area contributed by atoms with Gasteiger partial charge in [-0.3, -0.25) is 0 Å². The molecular weight excluding hydrogens is 332 g/mol. The number of carbonyl (C=O) groups is 1. The van der Waals surface area contributed by atoms with Crippen molar-refractivity contribution < 1.29 is 24.1 Å². The second kappa shape index (κ2) is 10.5. The van der Waals surface area contributed by atoms with Gasteiger partial charge in [0.2, 0.25) is 0 Å². The molecular formula is C21H26O5. The fraction of sp³-hybridized carbons (Fsp3) is 0.381. The summed E-state index contributed by atoms with van der Waals surface area (Å²) in [5.41, 5.74) is 2.04. The normalized spacial score (nSPS) is 11.7. The molecule has 0 saturated carbocycles. The number of rotatable bonds is 10. The number of hydrogen-bond acceptors (Lipinski definition) is 5. The molecule has 0 aromatic heterocycles. The Morgan fingerprint density at radius 3 is 2.42 bits per heavy atom. The Hall–Kier alpha value is -2.53. The third-order valence-corrected chi connectivity index (χ3v) is 3.81. The van der Waals surface area contributed by atoms with Crippen LogP contribution in [0.3, 0.4) is 0 Å². The predicted octanol–water partition coefficient (Wildman–Crippen LogP) is 3.52. The molecule has 0 aliphatic carbocycles. The van der Waals surface area contributed by atoms with Gasteiger partial charge in [-0.15, -0.1) is 0 Å². The van der Waals surface area contributed by atoms with Crippen LogP contribution in [0.5, 0.6) is 11.5 Å². The quantitative estimate of drug-likeness (QED) is 0.658. The molecule has 0 aliphatic heterocycles. The van der Waals surface area contributed by atoms with Crippen LogP contribution < -0.4 is 9.47 Å². The molecule has 5 nitrogen and oxygen atoms in total. The summed E-state index contributed by atoms with van der Waals surface area (Å²) < 4.78 is 16.4. The number of hydrogen-bond donors (Lipinski definition) is 1. The minimum absolute atomic E-state index is 0.262. The molecule has 0 heterocycles. The zero-order valence-electron chi connectivity index (χ0n) is 15.3. The lowest BCUT2D eigenvalue weighted by atomic mass is 10.1. The highest BCUT2D eigenvalue weighted by Crippen LogP contribution is 2.30. The molecule has 0 bridgehead atoms. The molecule has 140 valence electrons. The first-order chi connectivity index (χ1) is 12.6. The van der Waals surface area contributed by atoms with Gasteiger partial charge in [0.1, 0.15) is 6.61 Å². The van der Waals surface area contributed by atoms with Gasteiger partial charge < -0.3 is 19.3 Å². The van der Waals surface area contributed by atoms with E-state index in [9.17, 15) is 9.90 Å². The number of ether oxygens (including phenoxy) is 3. The summed E-state index contributed by atoms with van der Waals surface area (Å²) in [6.07, 6.45) is -0.271. The average Bonchev–Trinajstić information content (AvgIpc) is 2.66. The van der Waals surface area contributed by atoms with E-state index in [-0.39, 0.29) is 6.61 Å². The molecule has 0 saturated heterocycles. The standard InChI is InChI=1S/C21H26O5/c1-3-24-20-14-16(10-12-18(22)21(23)25-4-2)11-13-19(20)26-15-17-8-6-5-7-9-17/h5-9,11,13-14,18,22H,3-4,10,12,15H2,1-2H3. The Kier molecular flexibility index (Phi) is 7.96. The van der Waals surface area contributed by atoms with Gasteiger partial charge in [-0.1, -0.05) is 36.4 Å². The molecule has 0 radical (unpaired) electrons. The van der Waals surface area contributed by atoms with Crippen molar-refractivity contribution in [3.8, 4) is 11.5 Å².